The van der Waals surface area contributed by atoms with Gasteiger partial charge in [0.1, 0.15) is 5.82 Å². The topological polar surface area (TPSA) is 49.1 Å². The van der Waals surface area contributed by atoms with Gasteiger partial charge in [0, 0.05) is 19.2 Å². The average molecular weight is 189 g/mol. The van der Waals surface area contributed by atoms with Crippen molar-refractivity contribution < 1.29 is 4.74 Å². The monoisotopic (exact) mass is 189 g/mol. The fourth-order valence-electron chi connectivity index (χ4n) is 1.37. The van der Waals surface area contributed by atoms with Crippen LogP contribution in [0.4, 0.5) is 5.82 Å². The Bertz CT molecular complexity index is 379. The van der Waals surface area contributed by atoms with E-state index in [1.807, 2.05) is 0 Å². The summed E-state index contributed by atoms with van der Waals surface area (Å²) >= 11 is 0. The molecule has 0 spiro atoms. The number of pyridine rings is 1. The van der Waals surface area contributed by atoms with Crippen LogP contribution in [0, 0.1) is 11.3 Å². The molecule has 0 bridgehead atoms. The van der Waals surface area contributed by atoms with Gasteiger partial charge in [-0.1, -0.05) is 0 Å². The van der Waals surface area contributed by atoms with E-state index >= 15 is 0 Å². The molecule has 0 amide bonds. The Hall–Kier alpha value is -1.76. The van der Waals surface area contributed by atoms with Gasteiger partial charge in [-0.2, -0.15) is 10.2 Å². The van der Waals surface area contributed by atoms with Crippen LogP contribution in [-0.2, 0) is 0 Å². The molecule has 2 rings (SSSR count). The number of hydrogen-bond acceptors (Lipinski definition) is 4. The van der Waals surface area contributed by atoms with Crippen LogP contribution in [0.1, 0.15) is 12.0 Å². The van der Waals surface area contributed by atoms with E-state index in [2.05, 4.69) is 16.0 Å². The second-order valence-corrected chi connectivity index (χ2v) is 3.21. The Morgan fingerprint density at radius 1 is 1.50 bits per heavy atom. The Labute approximate surface area is 82.7 Å². The molecule has 1 fully saturated rings. The lowest BCUT2D eigenvalue weighted by Crippen LogP contribution is -2.37. The fourth-order valence-corrected chi connectivity index (χ4v) is 1.37. The molecule has 4 nitrogen and oxygen atoms in total. The number of ether oxygens (including phenoxy) is 1. The summed E-state index contributed by atoms with van der Waals surface area (Å²) in [5, 5.41) is 8.80. The molecule has 72 valence electrons. The molecule has 1 aromatic rings. The maximum atomic E-state index is 8.80. The summed E-state index contributed by atoms with van der Waals surface area (Å²) < 4.78 is 5.03. The van der Waals surface area contributed by atoms with E-state index in [0.717, 1.165) is 18.9 Å². The molecule has 4 heteroatoms. The van der Waals surface area contributed by atoms with Gasteiger partial charge in [-0.25, -0.2) is 0 Å². The minimum absolute atomic E-state index is 0.506. The van der Waals surface area contributed by atoms with Gasteiger partial charge >= 0.3 is 0 Å². The number of anilines is 1. The zero-order valence-corrected chi connectivity index (χ0v) is 8.03. The van der Waals surface area contributed by atoms with Crippen LogP contribution >= 0.6 is 0 Å². The van der Waals surface area contributed by atoms with Crippen LogP contribution in [0.5, 0.6) is 5.88 Å². The number of nitriles is 1. The predicted molar refractivity (Wildman–Crippen MR) is 52.3 cm³/mol. The quantitative estimate of drug-likeness (QED) is 0.700. The van der Waals surface area contributed by atoms with Crippen LogP contribution in [0.25, 0.3) is 0 Å². The summed E-state index contributed by atoms with van der Waals surface area (Å²) in [6, 6.07) is 5.53. The summed E-state index contributed by atoms with van der Waals surface area (Å²) in [6.07, 6.45) is 1.20. The third-order valence-electron chi connectivity index (χ3n) is 2.31. The van der Waals surface area contributed by atoms with Crippen LogP contribution < -0.4 is 9.64 Å². The average Bonchev–Trinajstić information content (AvgIpc) is 2.14. The lowest BCUT2D eigenvalue weighted by Gasteiger charge is -2.32. The SMILES string of the molecule is COc1cc(C#N)cc(N2CCC2)n1. The lowest BCUT2D eigenvalue weighted by atomic mass is 10.2. The van der Waals surface area contributed by atoms with Crippen molar-refractivity contribution in [2.24, 2.45) is 0 Å². The van der Waals surface area contributed by atoms with Crippen LogP contribution in [0.3, 0.4) is 0 Å². The number of methoxy groups -OCH3 is 1. The predicted octanol–water partition coefficient (Wildman–Crippen LogP) is 1.17. The van der Waals surface area contributed by atoms with Gasteiger partial charge in [-0.15, -0.1) is 0 Å². The number of aromatic nitrogens is 1. The Balaban J connectivity index is 2.34. The van der Waals surface area contributed by atoms with Gasteiger partial charge in [-0.05, 0) is 12.5 Å². The molecule has 0 atom stereocenters. The summed E-state index contributed by atoms with van der Waals surface area (Å²) in [4.78, 5) is 6.40. The molecule has 1 saturated heterocycles. The van der Waals surface area contributed by atoms with Crippen molar-refractivity contribution in [1.82, 2.24) is 4.98 Å². The van der Waals surface area contributed by atoms with Crippen molar-refractivity contribution in [2.75, 3.05) is 25.1 Å². The minimum atomic E-state index is 0.506. The maximum absolute atomic E-state index is 8.80. The first-order valence-corrected chi connectivity index (χ1v) is 4.54. The van der Waals surface area contributed by atoms with Gasteiger partial charge < -0.3 is 9.64 Å². The molecule has 14 heavy (non-hydrogen) atoms. The van der Waals surface area contributed by atoms with Gasteiger partial charge in [-0.3, -0.25) is 0 Å². The van der Waals surface area contributed by atoms with Crippen molar-refractivity contribution in [3.63, 3.8) is 0 Å². The largest absolute Gasteiger partial charge is 0.481 e. The van der Waals surface area contributed by atoms with E-state index in [4.69, 9.17) is 10.00 Å². The van der Waals surface area contributed by atoms with E-state index in [9.17, 15) is 0 Å². The first-order chi connectivity index (χ1) is 6.83. The van der Waals surface area contributed by atoms with E-state index < -0.39 is 0 Å². The molecule has 1 aliphatic heterocycles. The highest BCUT2D eigenvalue weighted by atomic mass is 16.5. The summed E-state index contributed by atoms with van der Waals surface area (Å²) in [5.41, 5.74) is 0.596. The number of nitrogens with zero attached hydrogens (tertiary/aromatic N) is 3. The molecule has 1 aliphatic rings. The van der Waals surface area contributed by atoms with E-state index in [0.29, 0.717) is 11.4 Å². The summed E-state index contributed by atoms with van der Waals surface area (Å²) in [5.74, 6) is 1.35. The molecule has 2 heterocycles. The van der Waals surface area contributed by atoms with Crippen LogP contribution in [-0.4, -0.2) is 25.2 Å². The second kappa shape index (κ2) is 3.54. The van der Waals surface area contributed by atoms with Gasteiger partial charge in [0.25, 0.3) is 0 Å². The normalized spacial score (nSPS) is 14.4. The minimum Gasteiger partial charge on any atom is -0.481 e. The Kier molecular flexibility index (Phi) is 2.23. The zero-order chi connectivity index (χ0) is 9.97. The van der Waals surface area contributed by atoms with Crippen molar-refractivity contribution in [3.8, 4) is 11.9 Å². The molecule has 0 aromatic carbocycles. The summed E-state index contributed by atoms with van der Waals surface area (Å²) in [6.45, 7) is 2.04. The first kappa shape index (κ1) is 8.82. The van der Waals surface area contributed by atoms with Crippen molar-refractivity contribution in [3.05, 3.63) is 17.7 Å². The smallest absolute Gasteiger partial charge is 0.216 e. The number of rotatable bonds is 2. The maximum Gasteiger partial charge on any atom is 0.216 e. The zero-order valence-electron chi connectivity index (χ0n) is 8.03. The summed E-state index contributed by atoms with van der Waals surface area (Å²) in [7, 11) is 1.56. The lowest BCUT2D eigenvalue weighted by molar-refractivity contribution is 0.397. The molecule has 0 unspecified atom stereocenters. The molecule has 0 aliphatic carbocycles. The fraction of sp³-hybridized carbons (Fsp3) is 0.400. The third kappa shape index (κ3) is 1.49. The molecule has 1 aromatic heterocycles. The highest BCUT2D eigenvalue weighted by Gasteiger charge is 2.17. The van der Waals surface area contributed by atoms with Gasteiger partial charge in [0.15, 0.2) is 0 Å². The van der Waals surface area contributed by atoms with Crippen LogP contribution in [0.2, 0.25) is 0 Å². The molecular formula is C10H11N3O. The molecule has 0 saturated carbocycles. The molecule has 0 radical (unpaired) electrons. The first-order valence-electron chi connectivity index (χ1n) is 4.54. The van der Waals surface area contributed by atoms with Crippen molar-refractivity contribution >= 4 is 5.82 Å². The van der Waals surface area contributed by atoms with E-state index in [1.54, 1.807) is 19.2 Å². The highest BCUT2D eigenvalue weighted by Crippen LogP contribution is 2.22. The Morgan fingerprint density at radius 3 is 2.79 bits per heavy atom. The van der Waals surface area contributed by atoms with Crippen molar-refractivity contribution in [1.29, 1.82) is 5.26 Å². The van der Waals surface area contributed by atoms with Crippen molar-refractivity contribution in [2.45, 2.75) is 6.42 Å². The van der Waals surface area contributed by atoms with Gasteiger partial charge in [0.2, 0.25) is 5.88 Å². The standard InChI is InChI=1S/C10H11N3O/c1-14-10-6-8(7-11)5-9(12-10)13-3-2-4-13/h5-6H,2-4H2,1H3. The van der Waals surface area contributed by atoms with Crippen LogP contribution in [0.15, 0.2) is 12.1 Å². The highest BCUT2D eigenvalue weighted by molar-refractivity contribution is 5.49. The van der Waals surface area contributed by atoms with Gasteiger partial charge in [0.05, 0.1) is 18.7 Å². The third-order valence-corrected chi connectivity index (χ3v) is 2.31. The van der Waals surface area contributed by atoms with E-state index in [1.165, 1.54) is 6.42 Å². The second-order valence-electron chi connectivity index (χ2n) is 3.21. The van der Waals surface area contributed by atoms with E-state index in [-0.39, 0.29) is 0 Å². The molecule has 0 N–H and O–H groups in total. The number of hydrogen-bond donors (Lipinski definition) is 0. The Morgan fingerprint density at radius 2 is 2.29 bits per heavy atom. The molecular weight excluding hydrogens is 178 g/mol.